The number of anilines is 1. The van der Waals surface area contributed by atoms with Crippen LogP contribution in [0.15, 0.2) is 42.7 Å². The number of nitrogens with zero attached hydrogens (tertiary/aromatic N) is 2. The van der Waals surface area contributed by atoms with E-state index in [1.54, 1.807) is 18.2 Å². The van der Waals surface area contributed by atoms with Gasteiger partial charge in [-0.25, -0.2) is 18.7 Å². The Hall–Kier alpha value is -3.09. The van der Waals surface area contributed by atoms with E-state index in [0.717, 1.165) is 6.07 Å². The van der Waals surface area contributed by atoms with E-state index in [2.05, 4.69) is 15.3 Å². The summed E-state index contributed by atoms with van der Waals surface area (Å²) in [5.74, 6) is -1.41. The van der Waals surface area contributed by atoms with Crippen LogP contribution in [0.1, 0.15) is 35.3 Å². The monoisotopic (exact) mass is 342 g/mol. The number of para-hydroxylation sites is 1. The fourth-order valence-electron chi connectivity index (χ4n) is 2.76. The highest BCUT2D eigenvalue weighted by molar-refractivity contribution is 6.06. The normalized spacial score (nSPS) is 12.1. The van der Waals surface area contributed by atoms with Crippen LogP contribution in [0.3, 0.4) is 0 Å². The molecule has 0 fully saturated rings. The van der Waals surface area contributed by atoms with E-state index >= 15 is 0 Å². The Morgan fingerprint density at radius 2 is 1.92 bits per heavy atom. The summed E-state index contributed by atoms with van der Waals surface area (Å²) in [7, 11) is 0. The molecule has 5 nitrogen and oxygen atoms in total. The van der Waals surface area contributed by atoms with Gasteiger partial charge in [0.1, 0.15) is 23.8 Å². The average molecular weight is 342 g/mol. The molecule has 3 N–H and O–H groups in total. The first-order valence-corrected chi connectivity index (χ1v) is 7.75. The second-order valence-electron chi connectivity index (χ2n) is 5.60. The summed E-state index contributed by atoms with van der Waals surface area (Å²) >= 11 is 0. The molecule has 0 bridgehead atoms. The molecule has 0 saturated carbocycles. The van der Waals surface area contributed by atoms with Gasteiger partial charge < -0.3 is 11.1 Å². The number of aromatic nitrogens is 2. The van der Waals surface area contributed by atoms with Crippen molar-refractivity contribution >= 4 is 22.6 Å². The number of hydrogen-bond acceptors (Lipinski definition) is 4. The van der Waals surface area contributed by atoms with E-state index in [4.69, 9.17) is 5.73 Å². The molecule has 0 aliphatic carbocycles. The smallest absolute Gasteiger partial charge is 0.250 e. The fraction of sp³-hybridized carbons (Fsp3) is 0.167. The second kappa shape index (κ2) is 6.80. The van der Waals surface area contributed by atoms with Crippen LogP contribution < -0.4 is 11.1 Å². The standard InChI is InChI=1S/C18H16F2N4O/c1-2-15(10-6-11(19)8-12(20)7-10)24-18-14-5-3-4-13(17(21)25)16(14)22-9-23-18/h3-9,15H,2H2,1H3,(H2,21,25)(H,22,23,24). The van der Waals surface area contributed by atoms with Gasteiger partial charge in [0.05, 0.1) is 17.1 Å². The Morgan fingerprint density at radius 3 is 2.56 bits per heavy atom. The third-order valence-corrected chi connectivity index (χ3v) is 3.94. The number of carbonyl (C=O) groups is 1. The van der Waals surface area contributed by atoms with Gasteiger partial charge in [-0.3, -0.25) is 4.79 Å². The van der Waals surface area contributed by atoms with E-state index in [1.807, 2.05) is 6.92 Å². The minimum atomic E-state index is -0.640. The van der Waals surface area contributed by atoms with Gasteiger partial charge in [-0.1, -0.05) is 13.0 Å². The third kappa shape index (κ3) is 3.40. The zero-order valence-corrected chi connectivity index (χ0v) is 13.5. The number of benzene rings is 2. The molecule has 25 heavy (non-hydrogen) atoms. The first-order valence-electron chi connectivity index (χ1n) is 7.75. The first kappa shape index (κ1) is 16.8. The van der Waals surface area contributed by atoms with Crippen LogP contribution in [0.5, 0.6) is 0 Å². The maximum absolute atomic E-state index is 13.5. The lowest BCUT2D eigenvalue weighted by Crippen LogP contribution is -2.14. The summed E-state index contributed by atoms with van der Waals surface area (Å²) in [6.07, 6.45) is 1.89. The van der Waals surface area contributed by atoms with Crippen molar-refractivity contribution in [1.82, 2.24) is 9.97 Å². The topological polar surface area (TPSA) is 80.9 Å². The highest BCUT2D eigenvalue weighted by Gasteiger charge is 2.16. The predicted octanol–water partition coefficient (Wildman–Crippen LogP) is 3.57. The van der Waals surface area contributed by atoms with Crippen molar-refractivity contribution in [3.05, 3.63) is 65.5 Å². The predicted molar refractivity (Wildman–Crippen MR) is 91.1 cm³/mol. The van der Waals surface area contributed by atoms with Gasteiger partial charge in [0.25, 0.3) is 5.91 Å². The molecule has 0 saturated heterocycles. The van der Waals surface area contributed by atoms with Crippen molar-refractivity contribution in [3.63, 3.8) is 0 Å². The lowest BCUT2D eigenvalue weighted by molar-refractivity contribution is 0.100. The molecule has 1 amide bonds. The lowest BCUT2D eigenvalue weighted by atomic mass is 10.0. The van der Waals surface area contributed by atoms with Gasteiger partial charge in [0, 0.05) is 11.5 Å². The highest BCUT2D eigenvalue weighted by Crippen LogP contribution is 2.28. The van der Waals surface area contributed by atoms with Crippen molar-refractivity contribution in [3.8, 4) is 0 Å². The molecule has 1 heterocycles. The molecular weight excluding hydrogens is 326 g/mol. The van der Waals surface area contributed by atoms with Crippen LogP contribution in [0, 0.1) is 11.6 Å². The molecule has 0 radical (unpaired) electrons. The fourth-order valence-corrected chi connectivity index (χ4v) is 2.76. The quantitative estimate of drug-likeness (QED) is 0.743. The third-order valence-electron chi connectivity index (χ3n) is 3.94. The van der Waals surface area contributed by atoms with Gasteiger partial charge in [-0.2, -0.15) is 0 Å². The van der Waals surface area contributed by atoms with E-state index in [1.165, 1.54) is 18.5 Å². The largest absolute Gasteiger partial charge is 0.366 e. The molecule has 1 aromatic heterocycles. The van der Waals surface area contributed by atoms with E-state index in [0.29, 0.717) is 28.7 Å². The Labute approximate surface area is 142 Å². The summed E-state index contributed by atoms with van der Waals surface area (Å²) in [4.78, 5) is 19.9. The average Bonchev–Trinajstić information content (AvgIpc) is 2.58. The molecular formula is C18H16F2N4O. The highest BCUT2D eigenvalue weighted by atomic mass is 19.1. The summed E-state index contributed by atoms with van der Waals surface area (Å²) in [5.41, 5.74) is 6.56. The van der Waals surface area contributed by atoms with Crippen LogP contribution >= 0.6 is 0 Å². The number of nitrogens with two attached hydrogens (primary N) is 1. The number of nitrogens with one attached hydrogen (secondary N) is 1. The Kier molecular flexibility index (Phi) is 4.56. The molecule has 0 spiro atoms. The number of rotatable bonds is 5. The number of hydrogen-bond donors (Lipinski definition) is 2. The van der Waals surface area contributed by atoms with Gasteiger partial charge in [0.2, 0.25) is 0 Å². The number of amides is 1. The second-order valence-corrected chi connectivity index (χ2v) is 5.60. The van der Waals surface area contributed by atoms with E-state index in [9.17, 15) is 13.6 Å². The van der Waals surface area contributed by atoms with E-state index < -0.39 is 17.5 Å². The van der Waals surface area contributed by atoms with E-state index in [-0.39, 0.29) is 11.6 Å². The Bertz CT molecular complexity index is 925. The summed E-state index contributed by atoms with van der Waals surface area (Å²) in [5, 5.41) is 3.78. The van der Waals surface area contributed by atoms with Crippen molar-refractivity contribution in [2.45, 2.75) is 19.4 Å². The van der Waals surface area contributed by atoms with Crippen molar-refractivity contribution in [2.24, 2.45) is 5.73 Å². The van der Waals surface area contributed by atoms with Gasteiger partial charge in [0.15, 0.2) is 0 Å². The molecule has 3 aromatic rings. The van der Waals surface area contributed by atoms with Crippen LogP contribution in [0.25, 0.3) is 10.9 Å². The van der Waals surface area contributed by atoms with Crippen LogP contribution in [0.4, 0.5) is 14.6 Å². The summed E-state index contributed by atoms with van der Waals surface area (Å²) < 4.78 is 27.0. The van der Waals surface area contributed by atoms with Crippen LogP contribution in [0.2, 0.25) is 0 Å². The molecule has 1 unspecified atom stereocenters. The molecule has 2 aromatic carbocycles. The maximum Gasteiger partial charge on any atom is 0.250 e. The van der Waals surface area contributed by atoms with Crippen LogP contribution in [-0.2, 0) is 0 Å². The lowest BCUT2D eigenvalue weighted by Gasteiger charge is -2.19. The van der Waals surface area contributed by atoms with Crippen LogP contribution in [-0.4, -0.2) is 15.9 Å². The Morgan fingerprint density at radius 1 is 1.20 bits per heavy atom. The number of fused-ring (bicyclic) bond motifs is 1. The van der Waals surface area contributed by atoms with Crippen molar-refractivity contribution in [1.29, 1.82) is 0 Å². The molecule has 1 atom stereocenters. The zero-order valence-electron chi connectivity index (χ0n) is 13.5. The minimum absolute atomic E-state index is 0.285. The maximum atomic E-state index is 13.5. The zero-order chi connectivity index (χ0) is 18.0. The summed E-state index contributed by atoms with van der Waals surface area (Å²) in [6.45, 7) is 1.89. The SMILES string of the molecule is CCC(Nc1ncnc2c(C(N)=O)cccc12)c1cc(F)cc(F)c1. The van der Waals surface area contributed by atoms with Gasteiger partial charge in [-0.15, -0.1) is 0 Å². The van der Waals surface area contributed by atoms with Crippen molar-refractivity contribution < 1.29 is 13.6 Å². The number of carbonyl (C=O) groups excluding carboxylic acids is 1. The Balaban J connectivity index is 2.04. The summed E-state index contributed by atoms with van der Waals surface area (Å²) in [6, 6.07) is 8.05. The molecule has 128 valence electrons. The minimum Gasteiger partial charge on any atom is -0.366 e. The molecule has 7 heteroatoms. The number of halogens is 2. The molecule has 3 rings (SSSR count). The van der Waals surface area contributed by atoms with Gasteiger partial charge >= 0.3 is 0 Å². The first-order chi connectivity index (χ1) is 12.0. The molecule has 0 aliphatic heterocycles. The van der Waals surface area contributed by atoms with Crippen molar-refractivity contribution in [2.75, 3.05) is 5.32 Å². The molecule has 0 aliphatic rings. The number of primary amides is 1. The van der Waals surface area contributed by atoms with Gasteiger partial charge in [-0.05, 0) is 36.2 Å².